The quantitative estimate of drug-likeness (QED) is 0.198. The van der Waals surface area contributed by atoms with E-state index in [1.807, 2.05) is 0 Å². The number of allylic oxidation sites excluding steroid dienone is 8. The topological polar surface area (TPSA) is 0 Å². The maximum absolute atomic E-state index is 2.93. The van der Waals surface area contributed by atoms with Crippen LogP contribution in [0, 0.1) is 19.3 Å². The molecule has 54 heavy (non-hydrogen) atoms. The molecule has 4 aliphatic rings. The van der Waals surface area contributed by atoms with Crippen molar-refractivity contribution in [3.05, 3.63) is 162 Å². The average molecular weight is 831 g/mol. The number of halogens is 2. The first-order chi connectivity index (χ1) is 24.5. The van der Waals surface area contributed by atoms with E-state index < -0.39 is 21.3 Å². The largest absolute Gasteiger partial charge is 1.00 e. The van der Waals surface area contributed by atoms with E-state index >= 15 is 0 Å². The fraction of sp³-hybridized carbons (Fsp3) is 0.353. The first-order valence-electron chi connectivity index (χ1n) is 19.5. The van der Waals surface area contributed by atoms with Gasteiger partial charge in [-0.15, -0.1) is 0 Å². The number of hydrogen-bond donors (Lipinski definition) is 0. The molecule has 0 aliphatic heterocycles. The van der Waals surface area contributed by atoms with Gasteiger partial charge in [-0.1, -0.05) is 0 Å². The van der Waals surface area contributed by atoms with Gasteiger partial charge in [-0.25, -0.2) is 0 Å². The van der Waals surface area contributed by atoms with Gasteiger partial charge in [-0.3, -0.25) is 0 Å². The Morgan fingerprint density at radius 1 is 0.593 bits per heavy atom. The molecule has 0 atom stereocenters. The number of benzene rings is 4. The third-order valence-corrected chi connectivity index (χ3v) is 21.0. The molecule has 0 saturated carbocycles. The number of aryl methyl sites for hydroxylation is 2. The minimum atomic E-state index is -2.93. The van der Waals surface area contributed by atoms with Crippen LogP contribution in [0.1, 0.15) is 141 Å². The molecule has 0 bridgehead atoms. The van der Waals surface area contributed by atoms with Gasteiger partial charge in [0.25, 0.3) is 0 Å². The molecule has 0 amide bonds. The molecule has 0 aromatic heterocycles. The number of rotatable bonds is 4. The summed E-state index contributed by atoms with van der Waals surface area (Å²) in [5.41, 5.74) is 22.3. The van der Waals surface area contributed by atoms with Crippen LogP contribution >= 0.6 is 0 Å². The van der Waals surface area contributed by atoms with Gasteiger partial charge in [0, 0.05) is 0 Å². The third kappa shape index (κ3) is 6.95. The van der Waals surface area contributed by atoms with E-state index in [1.54, 1.807) is 17.6 Å². The van der Waals surface area contributed by atoms with Gasteiger partial charge >= 0.3 is 324 Å². The molecule has 0 saturated heterocycles. The summed E-state index contributed by atoms with van der Waals surface area (Å²) in [7, 11) is 0. The molecule has 0 nitrogen and oxygen atoms in total. The molecule has 8 rings (SSSR count). The summed E-state index contributed by atoms with van der Waals surface area (Å²) in [6.07, 6.45) is 13.5. The molecule has 4 aromatic rings. The number of fused-ring (bicyclic) bond motifs is 5. The van der Waals surface area contributed by atoms with Gasteiger partial charge in [-0.2, -0.15) is 0 Å². The third-order valence-electron chi connectivity index (χ3n) is 12.8. The van der Waals surface area contributed by atoms with E-state index in [2.05, 4.69) is 173 Å². The molecule has 0 fully saturated rings. The second-order valence-electron chi connectivity index (χ2n) is 18.7. The maximum atomic E-state index is 2.72. The van der Waals surface area contributed by atoms with Crippen molar-refractivity contribution < 1.29 is 46.1 Å². The molecular weight excluding hydrogens is 775 g/mol. The van der Waals surface area contributed by atoms with Crippen LogP contribution < -0.4 is 24.8 Å². The van der Waals surface area contributed by atoms with Gasteiger partial charge in [-0.05, 0) is 0 Å². The zero-order valence-corrected chi connectivity index (χ0v) is 38.2. The van der Waals surface area contributed by atoms with E-state index in [1.165, 1.54) is 72.4 Å². The van der Waals surface area contributed by atoms with Crippen molar-refractivity contribution in [1.29, 1.82) is 0 Å². The summed E-state index contributed by atoms with van der Waals surface area (Å²) >= 11 is -2.93. The molecule has 4 aromatic carbocycles. The molecule has 0 unspecified atom stereocenters. The minimum absolute atomic E-state index is 0. The fourth-order valence-corrected chi connectivity index (χ4v) is 18.3. The van der Waals surface area contributed by atoms with E-state index in [0.29, 0.717) is 3.63 Å². The summed E-state index contributed by atoms with van der Waals surface area (Å²) in [6, 6.07) is 29.8. The van der Waals surface area contributed by atoms with Crippen LogP contribution in [0.25, 0.3) is 22.3 Å². The Balaban J connectivity index is 0.00000249. The van der Waals surface area contributed by atoms with Crippen molar-refractivity contribution in [2.24, 2.45) is 5.41 Å². The minimum Gasteiger partial charge on any atom is -1.00 e. The Labute approximate surface area is 345 Å². The van der Waals surface area contributed by atoms with Gasteiger partial charge in [0.2, 0.25) is 0 Å². The van der Waals surface area contributed by atoms with E-state index in [-0.39, 0.29) is 41.1 Å². The Morgan fingerprint density at radius 2 is 1.02 bits per heavy atom. The average Bonchev–Trinajstić information content (AvgIpc) is 3.71. The SMILES string of the molecule is CC1=CCC(C)(C)c2cc3c(cc21)-c1cc2c(cc1[CH]3[Zr+2]([C]1=CC(C(C)(C)C)=CC1)=[C](c1ccc(C)cc1)c1ccc(C)cc1)C(C)(C)CC=C2C.[Cl-].[Cl-]. The molecule has 4 aliphatic carbocycles. The van der Waals surface area contributed by atoms with Crippen LogP contribution in [-0.4, -0.2) is 3.21 Å². The number of hydrogen-bond acceptors (Lipinski definition) is 0. The fourth-order valence-electron chi connectivity index (χ4n) is 9.33. The van der Waals surface area contributed by atoms with Crippen molar-refractivity contribution in [1.82, 2.24) is 0 Å². The van der Waals surface area contributed by atoms with Crippen LogP contribution in [0.2, 0.25) is 0 Å². The van der Waals surface area contributed by atoms with Gasteiger partial charge < -0.3 is 24.8 Å². The van der Waals surface area contributed by atoms with Crippen LogP contribution in [0.3, 0.4) is 0 Å². The summed E-state index contributed by atoms with van der Waals surface area (Å²) in [5, 5.41) is 0. The molecule has 3 heteroatoms. The predicted molar refractivity (Wildman–Crippen MR) is 222 cm³/mol. The maximum Gasteiger partial charge on any atom is -1.00 e. The van der Waals surface area contributed by atoms with Crippen molar-refractivity contribution >= 4 is 14.4 Å². The standard InChI is InChI=1S/C27H29.C15H14.C9H13.2ClH.Zr/c1-16-7-9-26(3,4)24-12-18-11-19-13-25-21(17(2)8-10-27(25,5)6)15-23(19)22(18)14-20(16)24;1-12-3-7-14(8-4-12)11-15-9-5-13(2)6-10-15;1-9(2,3)8-6-4-5-7-8;;;/h7-8,11-15H,9-10H2,1-6H3;3-10H,1-2H3;6-7H,4H2,1-3H3;2*1H;/q;;;;;+2/p-2. The monoisotopic (exact) mass is 828 g/mol. The Morgan fingerprint density at radius 3 is 1.41 bits per heavy atom. The Bertz CT molecular complexity index is 2180. The van der Waals surface area contributed by atoms with E-state index in [4.69, 9.17) is 0 Å². The summed E-state index contributed by atoms with van der Waals surface area (Å²) in [6.45, 7) is 26.1. The molecular formula is C51H56Cl2Zr. The second kappa shape index (κ2) is 14.6. The second-order valence-corrected chi connectivity index (χ2v) is 24.9. The van der Waals surface area contributed by atoms with Crippen LogP contribution in [0.5, 0.6) is 0 Å². The van der Waals surface area contributed by atoms with Crippen LogP contribution in [-0.2, 0) is 32.1 Å². The predicted octanol–water partition coefficient (Wildman–Crippen LogP) is 7.70. The molecule has 0 N–H and O–H groups in total. The van der Waals surface area contributed by atoms with E-state index in [9.17, 15) is 0 Å². The molecule has 0 heterocycles. The van der Waals surface area contributed by atoms with Gasteiger partial charge in [0.05, 0.1) is 0 Å². The zero-order chi connectivity index (χ0) is 36.9. The van der Waals surface area contributed by atoms with Crippen molar-refractivity contribution in [2.45, 2.75) is 110 Å². The van der Waals surface area contributed by atoms with E-state index in [0.717, 1.165) is 19.3 Å². The summed E-state index contributed by atoms with van der Waals surface area (Å²) in [5.74, 6) is 0. The molecule has 278 valence electrons. The Kier molecular flexibility index (Phi) is 11.0. The van der Waals surface area contributed by atoms with Crippen LogP contribution in [0.4, 0.5) is 0 Å². The first-order valence-corrected chi connectivity index (χ1v) is 23.4. The molecule has 0 radical (unpaired) electrons. The van der Waals surface area contributed by atoms with Gasteiger partial charge in [0.1, 0.15) is 0 Å². The van der Waals surface area contributed by atoms with Crippen molar-refractivity contribution in [3.8, 4) is 11.1 Å². The normalized spacial score (nSPS) is 17.5. The smallest absolute Gasteiger partial charge is 1.00 e. The Hall–Kier alpha value is -2.83. The van der Waals surface area contributed by atoms with Crippen LogP contribution in [0.15, 0.2) is 106 Å². The molecule has 0 spiro atoms. The zero-order valence-electron chi connectivity index (χ0n) is 34.2. The van der Waals surface area contributed by atoms with Crippen molar-refractivity contribution in [3.63, 3.8) is 0 Å². The van der Waals surface area contributed by atoms with Gasteiger partial charge in [0.15, 0.2) is 0 Å². The summed E-state index contributed by atoms with van der Waals surface area (Å²) in [4.78, 5) is 0. The van der Waals surface area contributed by atoms with Crippen molar-refractivity contribution in [2.75, 3.05) is 0 Å². The summed E-state index contributed by atoms with van der Waals surface area (Å²) < 4.78 is 3.75. The first kappa shape index (κ1) is 40.8.